The number of hydrogen-bond donors (Lipinski definition) is 3. The summed E-state index contributed by atoms with van der Waals surface area (Å²) in [5.74, 6) is 0.866. The number of fused-ring (bicyclic) bond motifs is 1. The van der Waals surface area contributed by atoms with Gasteiger partial charge in [0.15, 0.2) is 11.5 Å². The normalized spacial score (nSPS) is 16.0. The molecule has 0 unspecified atom stereocenters. The van der Waals surface area contributed by atoms with Gasteiger partial charge in [-0.1, -0.05) is 17.7 Å². The topological polar surface area (TPSA) is 129 Å². The number of likely N-dealkylation sites (tertiary alicyclic amines) is 1. The van der Waals surface area contributed by atoms with E-state index >= 15 is 0 Å². The molecule has 34 heavy (non-hydrogen) atoms. The Kier molecular flexibility index (Phi) is 6.78. The van der Waals surface area contributed by atoms with Gasteiger partial charge in [-0.2, -0.15) is 5.10 Å². The highest BCUT2D eigenvalue weighted by Crippen LogP contribution is 2.35. The Morgan fingerprint density at radius 3 is 2.91 bits per heavy atom. The van der Waals surface area contributed by atoms with Crippen LogP contribution in [-0.2, 0) is 4.79 Å². The quantitative estimate of drug-likeness (QED) is 0.437. The zero-order valence-electron chi connectivity index (χ0n) is 19.5. The Labute approximate surface area is 197 Å². The molecule has 10 heteroatoms. The number of nitrogens with zero attached hydrogens (tertiary/aromatic N) is 4. The van der Waals surface area contributed by atoms with Gasteiger partial charge >= 0.3 is 0 Å². The molecule has 0 aliphatic carbocycles. The van der Waals surface area contributed by atoms with Crippen molar-refractivity contribution in [3.05, 3.63) is 53.7 Å². The number of nitrogens with one attached hydrogen (secondary N) is 2. The van der Waals surface area contributed by atoms with Gasteiger partial charge in [-0.3, -0.25) is 14.7 Å². The zero-order chi connectivity index (χ0) is 24.2. The van der Waals surface area contributed by atoms with E-state index in [9.17, 15) is 9.59 Å². The number of pyridine rings is 1. The summed E-state index contributed by atoms with van der Waals surface area (Å²) in [6.45, 7) is 3.83. The number of carbonyl (C=O) groups excluding carboxylic acids is 2. The molecule has 1 saturated heterocycles. The van der Waals surface area contributed by atoms with E-state index in [1.165, 1.54) is 0 Å². The molecule has 2 aromatic heterocycles. The van der Waals surface area contributed by atoms with Crippen LogP contribution in [0.15, 0.2) is 42.6 Å². The Morgan fingerprint density at radius 2 is 2.15 bits per heavy atom. The molecule has 0 spiro atoms. The van der Waals surface area contributed by atoms with Gasteiger partial charge in [-0.15, -0.1) is 0 Å². The van der Waals surface area contributed by atoms with Crippen molar-refractivity contribution in [2.45, 2.75) is 19.4 Å². The van der Waals surface area contributed by atoms with E-state index in [2.05, 4.69) is 20.5 Å². The van der Waals surface area contributed by atoms with Crippen molar-refractivity contribution < 1.29 is 14.3 Å². The molecule has 1 aromatic carbocycles. The third-order valence-corrected chi connectivity index (χ3v) is 5.62. The SMILES string of the molecule is Cc1ccc(Oc2ccnc3[nH]nc(N[C@@H]4CCN(C(=O)/C=C/CN(C)C)C4)c23)c(C(N)=O)c1. The van der Waals surface area contributed by atoms with Crippen molar-refractivity contribution in [3.63, 3.8) is 0 Å². The van der Waals surface area contributed by atoms with Gasteiger partial charge in [-0.25, -0.2) is 4.98 Å². The van der Waals surface area contributed by atoms with E-state index in [4.69, 9.17) is 10.5 Å². The van der Waals surface area contributed by atoms with Crippen molar-refractivity contribution in [2.75, 3.05) is 39.0 Å². The van der Waals surface area contributed by atoms with Gasteiger partial charge in [0.1, 0.15) is 16.9 Å². The molecule has 3 aromatic rings. The Balaban J connectivity index is 1.52. The predicted molar refractivity (Wildman–Crippen MR) is 130 cm³/mol. The summed E-state index contributed by atoms with van der Waals surface area (Å²) in [4.78, 5) is 32.5. The number of aryl methyl sites for hydroxylation is 1. The standard InChI is InChI=1S/C24H29N7O3/c1-15-6-7-18(17(13-15)22(25)33)34-19-8-10-26-23-21(19)24(29-28-23)27-16-9-12-31(14-16)20(32)5-4-11-30(2)3/h4-8,10,13,16H,9,11-12,14H2,1-3H3,(H2,25,33)(H2,26,27,28,29)/b5-4+/t16-/m1/s1. The monoisotopic (exact) mass is 463 g/mol. The summed E-state index contributed by atoms with van der Waals surface area (Å²) >= 11 is 0. The van der Waals surface area contributed by atoms with Gasteiger partial charge < -0.3 is 25.6 Å². The summed E-state index contributed by atoms with van der Waals surface area (Å²) < 4.78 is 6.11. The number of nitrogens with two attached hydrogens (primary N) is 1. The lowest BCUT2D eigenvalue weighted by molar-refractivity contribution is -0.125. The number of benzene rings is 1. The maximum absolute atomic E-state index is 12.5. The molecule has 10 nitrogen and oxygen atoms in total. The first-order valence-electron chi connectivity index (χ1n) is 11.1. The summed E-state index contributed by atoms with van der Waals surface area (Å²) in [6.07, 6.45) is 5.89. The fraction of sp³-hybridized carbons (Fsp3) is 0.333. The number of rotatable bonds is 8. The highest BCUT2D eigenvalue weighted by atomic mass is 16.5. The number of aromatic nitrogens is 3. The van der Waals surface area contributed by atoms with Gasteiger partial charge in [0.2, 0.25) is 5.91 Å². The van der Waals surface area contributed by atoms with Crippen LogP contribution in [0.1, 0.15) is 22.3 Å². The van der Waals surface area contributed by atoms with Gasteiger partial charge in [0.25, 0.3) is 5.91 Å². The Morgan fingerprint density at radius 1 is 1.32 bits per heavy atom. The first kappa shape index (κ1) is 23.2. The smallest absolute Gasteiger partial charge is 0.252 e. The van der Waals surface area contributed by atoms with Crippen LogP contribution < -0.4 is 15.8 Å². The Bertz CT molecular complexity index is 1230. The number of amides is 2. The lowest BCUT2D eigenvalue weighted by Gasteiger charge is -2.16. The lowest BCUT2D eigenvalue weighted by atomic mass is 10.1. The highest BCUT2D eigenvalue weighted by molar-refractivity contribution is 5.97. The molecule has 0 bridgehead atoms. The second kappa shape index (κ2) is 9.92. The Hall–Kier alpha value is -3.92. The van der Waals surface area contributed by atoms with Crippen LogP contribution in [0.25, 0.3) is 11.0 Å². The number of primary amides is 1. The fourth-order valence-corrected chi connectivity index (χ4v) is 3.90. The lowest BCUT2D eigenvalue weighted by Crippen LogP contribution is -2.30. The number of H-pyrrole nitrogens is 1. The number of likely N-dealkylation sites (N-methyl/N-ethyl adjacent to an activating group) is 1. The number of aromatic amines is 1. The molecule has 4 rings (SSSR count). The molecule has 0 saturated carbocycles. The van der Waals surface area contributed by atoms with E-state index in [0.717, 1.165) is 18.5 Å². The fourth-order valence-electron chi connectivity index (χ4n) is 3.90. The number of hydrogen-bond acceptors (Lipinski definition) is 7. The molecule has 1 fully saturated rings. The van der Waals surface area contributed by atoms with Crippen LogP contribution in [0.4, 0.5) is 5.82 Å². The molecule has 1 aliphatic heterocycles. The largest absolute Gasteiger partial charge is 0.456 e. The van der Waals surface area contributed by atoms with Gasteiger partial charge in [0, 0.05) is 44.0 Å². The van der Waals surface area contributed by atoms with Crippen LogP contribution in [-0.4, -0.2) is 76.6 Å². The first-order chi connectivity index (χ1) is 16.3. The summed E-state index contributed by atoms with van der Waals surface area (Å²) in [6, 6.07) is 7.02. The maximum Gasteiger partial charge on any atom is 0.252 e. The van der Waals surface area contributed by atoms with E-state index in [0.29, 0.717) is 47.0 Å². The molecule has 1 aliphatic rings. The van der Waals surface area contributed by atoms with E-state index in [-0.39, 0.29) is 11.9 Å². The number of ether oxygens (including phenoxy) is 1. The molecule has 3 heterocycles. The van der Waals surface area contributed by atoms with Crippen LogP contribution >= 0.6 is 0 Å². The predicted octanol–water partition coefficient (Wildman–Crippen LogP) is 2.29. The average molecular weight is 464 g/mol. The molecule has 2 amide bonds. The number of carbonyl (C=O) groups is 2. The second-order valence-corrected chi connectivity index (χ2v) is 8.65. The van der Waals surface area contributed by atoms with Crippen LogP contribution in [0, 0.1) is 6.92 Å². The second-order valence-electron chi connectivity index (χ2n) is 8.65. The average Bonchev–Trinajstić information content (AvgIpc) is 3.43. The van der Waals surface area contributed by atoms with Crippen molar-refractivity contribution in [2.24, 2.45) is 5.73 Å². The zero-order valence-corrected chi connectivity index (χ0v) is 19.5. The molecule has 4 N–H and O–H groups in total. The minimum Gasteiger partial charge on any atom is -0.456 e. The third kappa shape index (κ3) is 5.18. The highest BCUT2D eigenvalue weighted by Gasteiger charge is 2.27. The molecular weight excluding hydrogens is 434 g/mol. The molecular formula is C24H29N7O3. The van der Waals surface area contributed by atoms with Gasteiger partial charge in [-0.05, 0) is 39.6 Å². The van der Waals surface area contributed by atoms with E-state index in [1.54, 1.807) is 30.5 Å². The number of anilines is 1. The van der Waals surface area contributed by atoms with E-state index < -0.39 is 5.91 Å². The van der Waals surface area contributed by atoms with Crippen molar-refractivity contribution >= 4 is 28.7 Å². The third-order valence-electron chi connectivity index (χ3n) is 5.62. The van der Waals surface area contributed by atoms with Crippen LogP contribution in [0.2, 0.25) is 0 Å². The minimum absolute atomic E-state index is 0.00192. The first-order valence-corrected chi connectivity index (χ1v) is 11.1. The molecule has 178 valence electrons. The molecule has 0 radical (unpaired) electrons. The summed E-state index contributed by atoms with van der Waals surface area (Å²) in [7, 11) is 3.92. The maximum atomic E-state index is 12.5. The van der Waals surface area contributed by atoms with E-state index in [1.807, 2.05) is 43.0 Å². The van der Waals surface area contributed by atoms with Crippen molar-refractivity contribution in [1.82, 2.24) is 25.0 Å². The van der Waals surface area contributed by atoms with Crippen LogP contribution in [0.3, 0.4) is 0 Å². The summed E-state index contributed by atoms with van der Waals surface area (Å²) in [5, 5.41) is 11.4. The molecule has 1 atom stereocenters. The van der Waals surface area contributed by atoms with Gasteiger partial charge in [0.05, 0.1) is 5.56 Å². The summed E-state index contributed by atoms with van der Waals surface area (Å²) in [5.41, 5.74) is 7.30. The minimum atomic E-state index is -0.565. The van der Waals surface area contributed by atoms with Crippen molar-refractivity contribution in [3.8, 4) is 11.5 Å². The van der Waals surface area contributed by atoms with Crippen LogP contribution in [0.5, 0.6) is 11.5 Å². The van der Waals surface area contributed by atoms with Crippen molar-refractivity contribution in [1.29, 1.82) is 0 Å².